The van der Waals surface area contributed by atoms with E-state index < -0.39 is 0 Å². The molecule has 0 atom stereocenters. The summed E-state index contributed by atoms with van der Waals surface area (Å²) in [5.41, 5.74) is 3.96. The van der Waals surface area contributed by atoms with Crippen molar-refractivity contribution < 1.29 is 9.53 Å². The van der Waals surface area contributed by atoms with Crippen molar-refractivity contribution in [2.75, 3.05) is 38.2 Å². The minimum Gasteiger partial charge on any atom is -0.496 e. The second-order valence-corrected chi connectivity index (χ2v) is 7.45. The number of anilines is 1. The first kappa shape index (κ1) is 19.9. The van der Waals surface area contributed by atoms with Crippen LogP contribution in [0, 0.1) is 6.92 Å². The van der Waals surface area contributed by atoms with Gasteiger partial charge in [0.2, 0.25) is 5.91 Å². The predicted octanol–water partition coefficient (Wildman–Crippen LogP) is 3.35. The number of hydrogen-bond donors (Lipinski definition) is 0. The van der Waals surface area contributed by atoms with Crippen LogP contribution in [-0.2, 0) is 11.2 Å². The first-order valence-electron chi connectivity index (χ1n) is 10.2. The molecule has 1 saturated heterocycles. The van der Waals surface area contributed by atoms with Crippen LogP contribution >= 0.6 is 0 Å². The molecule has 1 aromatic heterocycles. The highest BCUT2D eigenvalue weighted by Crippen LogP contribution is 2.28. The molecule has 2 aromatic carbocycles. The number of carbonyl (C=O) groups excluding carboxylic acids is 1. The van der Waals surface area contributed by atoms with E-state index in [-0.39, 0.29) is 5.91 Å². The fourth-order valence-electron chi connectivity index (χ4n) is 3.76. The summed E-state index contributed by atoms with van der Waals surface area (Å²) in [7, 11) is 1.65. The molecule has 30 heavy (non-hydrogen) atoms. The fraction of sp³-hybridized carbons (Fsp3) is 0.292. The lowest BCUT2D eigenvalue weighted by Crippen LogP contribution is -2.49. The lowest BCUT2D eigenvalue weighted by atomic mass is 10.1. The summed E-state index contributed by atoms with van der Waals surface area (Å²) in [6.45, 7) is 4.94. The van der Waals surface area contributed by atoms with E-state index in [1.165, 1.54) is 0 Å². The number of aromatic nitrogens is 2. The maximum atomic E-state index is 12.7. The number of amides is 1. The van der Waals surface area contributed by atoms with Gasteiger partial charge in [0.05, 0.1) is 19.2 Å². The van der Waals surface area contributed by atoms with E-state index >= 15 is 0 Å². The smallest absolute Gasteiger partial charge is 0.227 e. The van der Waals surface area contributed by atoms with E-state index in [2.05, 4.69) is 15.1 Å². The maximum Gasteiger partial charge on any atom is 0.227 e. The number of methoxy groups -OCH3 is 1. The van der Waals surface area contributed by atoms with E-state index in [4.69, 9.17) is 4.74 Å². The molecule has 0 aliphatic carbocycles. The Morgan fingerprint density at radius 3 is 2.37 bits per heavy atom. The molecule has 2 heterocycles. The van der Waals surface area contributed by atoms with Crippen molar-refractivity contribution in [1.82, 2.24) is 15.1 Å². The Kier molecular flexibility index (Phi) is 5.93. The number of para-hydroxylation sites is 1. The average Bonchev–Trinajstić information content (AvgIpc) is 2.81. The molecule has 1 amide bonds. The lowest BCUT2D eigenvalue weighted by Gasteiger charge is -2.35. The molecule has 1 aliphatic rings. The van der Waals surface area contributed by atoms with Crippen molar-refractivity contribution in [2.24, 2.45) is 0 Å². The van der Waals surface area contributed by atoms with Crippen LogP contribution in [0.3, 0.4) is 0 Å². The Hall–Kier alpha value is -3.41. The summed E-state index contributed by atoms with van der Waals surface area (Å²) in [5, 5.41) is 8.82. The van der Waals surface area contributed by atoms with Crippen molar-refractivity contribution in [1.29, 1.82) is 0 Å². The number of benzene rings is 2. The van der Waals surface area contributed by atoms with Gasteiger partial charge < -0.3 is 14.5 Å². The van der Waals surface area contributed by atoms with Gasteiger partial charge in [-0.3, -0.25) is 4.79 Å². The van der Waals surface area contributed by atoms with Crippen molar-refractivity contribution in [3.8, 4) is 17.0 Å². The lowest BCUT2D eigenvalue weighted by molar-refractivity contribution is -0.130. The Balaban J connectivity index is 1.37. The van der Waals surface area contributed by atoms with Gasteiger partial charge in [-0.15, -0.1) is 10.2 Å². The largest absolute Gasteiger partial charge is 0.496 e. The van der Waals surface area contributed by atoms with Gasteiger partial charge in [-0.1, -0.05) is 36.4 Å². The third kappa shape index (κ3) is 4.27. The predicted molar refractivity (Wildman–Crippen MR) is 118 cm³/mol. The van der Waals surface area contributed by atoms with Gasteiger partial charge >= 0.3 is 0 Å². The second-order valence-electron chi connectivity index (χ2n) is 7.45. The van der Waals surface area contributed by atoms with Crippen LogP contribution in [0.2, 0.25) is 0 Å². The molecule has 4 rings (SSSR count). The van der Waals surface area contributed by atoms with Crippen LogP contribution in [0.15, 0.2) is 60.7 Å². The quantitative estimate of drug-likeness (QED) is 0.655. The summed E-state index contributed by atoms with van der Waals surface area (Å²) in [6, 6.07) is 19.8. The number of nitrogens with zero attached hydrogens (tertiary/aromatic N) is 4. The minimum absolute atomic E-state index is 0.182. The molecule has 6 heteroatoms. The summed E-state index contributed by atoms with van der Waals surface area (Å²) < 4.78 is 5.41. The summed E-state index contributed by atoms with van der Waals surface area (Å²) in [5.74, 6) is 1.79. The molecule has 1 aliphatic heterocycles. The van der Waals surface area contributed by atoms with Crippen LogP contribution in [0.1, 0.15) is 11.1 Å². The van der Waals surface area contributed by atoms with Gasteiger partial charge in [0, 0.05) is 31.7 Å². The van der Waals surface area contributed by atoms with Gasteiger partial charge in [0.1, 0.15) is 5.75 Å². The molecule has 1 fully saturated rings. The molecule has 0 bridgehead atoms. The maximum absolute atomic E-state index is 12.7. The van der Waals surface area contributed by atoms with Crippen LogP contribution < -0.4 is 9.64 Å². The standard InChI is InChI=1S/C24H26N4O2/c1-18-7-3-4-8-19(18)17-24(29)28-15-13-27(14-16-28)23-12-11-21(25-26-23)20-9-5-6-10-22(20)30-2/h3-12H,13-17H2,1-2H3. The van der Waals surface area contributed by atoms with Crippen LogP contribution in [-0.4, -0.2) is 54.3 Å². The number of carbonyl (C=O) groups is 1. The molecule has 0 saturated carbocycles. The molecular formula is C24H26N4O2. The third-order valence-electron chi connectivity index (χ3n) is 5.59. The number of hydrogen-bond acceptors (Lipinski definition) is 5. The van der Waals surface area contributed by atoms with Crippen molar-refractivity contribution >= 4 is 11.7 Å². The highest BCUT2D eigenvalue weighted by Gasteiger charge is 2.22. The van der Waals surface area contributed by atoms with E-state index in [1.54, 1.807) is 7.11 Å². The summed E-state index contributed by atoms with van der Waals surface area (Å²) >= 11 is 0. The Morgan fingerprint density at radius 1 is 0.933 bits per heavy atom. The molecular weight excluding hydrogens is 376 g/mol. The average molecular weight is 402 g/mol. The third-order valence-corrected chi connectivity index (χ3v) is 5.59. The van der Waals surface area contributed by atoms with Crippen LogP contribution in [0.25, 0.3) is 11.3 Å². The first-order chi connectivity index (χ1) is 14.7. The van der Waals surface area contributed by atoms with E-state index in [1.807, 2.05) is 72.5 Å². The highest BCUT2D eigenvalue weighted by atomic mass is 16.5. The van der Waals surface area contributed by atoms with Gasteiger partial charge in [0.25, 0.3) is 0 Å². The molecule has 0 radical (unpaired) electrons. The number of ether oxygens (including phenoxy) is 1. The molecule has 0 N–H and O–H groups in total. The number of aryl methyl sites for hydroxylation is 1. The SMILES string of the molecule is COc1ccccc1-c1ccc(N2CCN(C(=O)Cc3ccccc3C)CC2)nn1. The normalized spacial score (nSPS) is 13.9. The molecule has 0 spiro atoms. The zero-order valence-corrected chi connectivity index (χ0v) is 17.4. The number of rotatable bonds is 5. The van der Waals surface area contributed by atoms with Gasteiger partial charge in [-0.05, 0) is 42.3 Å². The van der Waals surface area contributed by atoms with Crippen molar-refractivity contribution in [3.63, 3.8) is 0 Å². The Bertz CT molecular complexity index is 1010. The second kappa shape index (κ2) is 8.95. The molecule has 154 valence electrons. The Morgan fingerprint density at radius 2 is 1.67 bits per heavy atom. The summed E-state index contributed by atoms with van der Waals surface area (Å²) in [4.78, 5) is 16.8. The zero-order valence-electron chi connectivity index (χ0n) is 17.4. The van der Waals surface area contributed by atoms with Crippen molar-refractivity contribution in [3.05, 3.63) is 71.8 Å². The fourth-order valence-corrected chi connectivity index (χ4v) is 3.76. The van der Waals surface area contributed by atoms with Crippen molar-refractivity contribution in [2.45, 2.75) is 13.3 Å². The van der Waals surface area contributed by atoms with Gasteiger partial charge in [-0.2, -0.15) is 0 Å². The van der Waals surface area contributed by atoms with Gasteiger partial charge in [-0.25, -0.2) is 0 Å². The monoisotopic (exact) mass is 402 g/mol. The van der Waals surface area contributed by atoms with E-state index in [9.17, 15) is 4.79 Å². The number of piperazine rings is 1. The Labute approximate surface area is 177 Å². The van der Waals surface area contributed by atoms with E-state index in [0.29, 0.717) is 19.5 Å². The zero-order chi connectivity index (χ0) is 20.9. The molecule has 3 aromatic rings. The molecule has 6 nitrogen and oxygen atoms in total. The van der Waals surface area contributed by atoms with Crippen LogP contribution in [0.5, 0.6) is 5.75 Å². The van der Waals surface area contributed by atoms with E-state index in [0.717, 1.165) is 47.0 Å². The van der Waals surface area contributed by atoms with Crippen LogP contribution in [0.4, 0.5) is 5.82 Å². The van der Waals surface area contributed by atoms with Gasteiger partial charge in [0.15, 0.2) is 5.82 Å². The highest BCUT2D eigenvalue weighted by molar-refractivity contribution is 5.79. The summed E-state index contributed by atoms with van der Waals surface area (Å²) in [6.07, 6.45) is 0.458. The minimum atomic E-state index is 0.182. The topological polar surface area (TPSA) is 58.6 Å². The first-order valence-corrected chi connectivity index (χ1v) is 10.2. The molecule has 0 unspecified atom stereocenters.